The number of nitrogens with one attached hydrogen (secondary N) is 2. The molecule has 2 N–H and O–H groups in total. The maximum atomic E-state index is 12.2. The Bertz CT molecular complexity index is 683. The third kappa shape index (κ3) is 5.44. The van der Waals surface area contributed by atoms with Gasteiger partial charge in [-0.25, -0.2) is 4.98 Å². The summed E-state index contributed by atoms with van der Waals surface area (Å²) < 4.78 is 5.28. The molecule has 1 fully saturated rings. The molecule has 2 heterocycles. The Morgan fingerprint density at radius 1 is 1.16 bits per heavy atom. The van der Waals surface area contributed by atoms with E-state index in [1.807, 2.05) is 36.4 Å². The summed E-state index contributed by atoms with van der Waals surface area (Å²) in [5, 5.41) is 6.96. The van der Waals surface area contributed by atoms with Gasteiger partial charge in [0, 0.05) is 30.7 Å². The zero-order valence-corrected chi connectivity index (χ0v) is 14.8. The molecule has 2 aromatic rings. The molecule has 0 aliphatic carbocycles. The number of ether oxygens (including phenoxy) is 1. The fourth-order valence-electron chi connectivity index (χ4n) is 2.76. The van der Waals surface area contributed by atoms with Gasteiger partial charge < -0.3 is 15.4 Å². The van der Waals surface area contributed by atoms with E-state index in [-0.39, 0.29) is 11.8 Å². The topological polar surface area (TPSA) is 63.2 Å². The summed E-state index contributed by atoms with van der Waals surface area (Å²) in [6, 6.07) is 11.6. The maximum absolute atomic E-state index is 12.2. The number of aromatic nitrogens is 1. The maximum Gasteiger partial charge on any atom is 0.228 e. The standard InChI is InChI=1S/C19H22ClN3O2/c20-16-3-1-14(2-4-16)7-10-21-17-5-6-18(22-13-17)23-19(24)15-8-11-25-12-9-15/h1-6,13,15,21H,7-12H2,(H,22,23,24). The predicted molar refractivity (Wildman–Crippen MR) is 100 cm³/mol. The number of rotatable bonds is 6. The van der Waals surface area contributed by atoms with E-state index >= 15 is 0 Å². The highest BCUT2D eigenvalue weighted by molar-refractivity contribution is 6.30. The summed E-state index contributed by atoms with van der Waals surface area (Å²) in [7, 11) is 0. The van der Waals surface area contributed by atoms with Gasteiger partial charge in [-0.2, -0.15) is 0 Å². The van der Waals surface area contributed by atoms with Crippen molar-refractivity contribution in [3.63, 3.8) is 0 Å². The highest BCUT2D eigenvalue weighted by atomic mass is 35.5. The summed E-state index contributed by atoms with van der Waals surface area (Å²) in [6.07, 6.45) is 4.19. The molecule has 0 unspecified atom stereocenters. The minimum atomic E-state index is 0.0210. The van der Waals surface area contributed by atoms with Crippen LogP contribution in [0.2, 0.25) is 5.02 Å². The van der Waals surface area contributed by atoms with Crippen molar-refractivity contribution in [1.82, 2.24) is 4.98 Å². The van der Waals surface area contributed by atoms with E-state index in [0.29, 0.717) is 19.0 Å². The zero-order chi connectivity index (χ0) is 17.5. The van der Waals surface area contributed by atoms with Crippen molar-refractivity contribution in [2.24, 2.45) is 5.92 Å². The molecular formula is C19H22ClN3O2. The normalized spacial score (nSPS) is 14.9. The van der Waals surface area contributed by atoms with Gasteiger partial charge in [0.2, 0.25) is 5.91 Å². The van der Waals surface area contributed by atoms with Crippen molar-refractivity contribution in [3.05, 3.63) is 53.2 Å². The molecule has 0 bridgehead atoms. The molecule has 6 heteroatoms. The van der Waals surface area contributed by atoms with Crippen molar-refractivity contribution in [1.29, 1.82) is 0 Å². The number of anilines is 2. The van der Waals surface area contributed by atoms with Gasteiger partial charge in [-0.15, -0.1) is 0 Å². The average Bonchev–Trinajstić information content (AvgIpc) is 2.65. The number of benzene rings is 1. The second kappa shape index (κ2) is 8.83. The van der Waals surface area contributed by atoms with E-state index in [2.05, 4.69) is 15.6 Å². The fraction of sp³-hybridized carbons (Fsp3) is 0.368. The number of hydrogen-bond acceptors (Lipinski definition) is 4. The Morgan fingerprint density at radius 2 is 1.92 bits per heavy atom. The summed E-state index contributed by atoms with van der Waals surface area (Å²) in [6.45, 7) is 2.11. The van der Waals surface area contributed by atoms with Gasteiger partial charge in [-0.1, -0.05) is 23.7 Å². The van der Waals surface area contributed by atoms with Crippen LogP contribution in [-0.4, -0.2) is 30.6 Å². The van der Waals surface area contributed by atoms with Gasteiger partial charge in [0.15, 0.2) is 0 Å². The quantitative estimate of drug-likeness (QED) is 0.824. The third-order valence-corrected chi connectivity index (χ3v) is 4.51. The Morgan fingerprint density at radius 3 is 2.60 bits per heavy atom. The van der Waals surface area contributed by atoms with Crippen LogP contribution in [0.5, 0.6) is 0 Å². The predicted octanol–water partition coefficient (Wildman–Crippen LogP) is 3.75. The van der Waals surface area contributed by atoms with Gasteiger partial charge >= 0.3 is 0 Å². The average molecular weight is 360 g/mol. The molecule has 0 atom stereocenters. The van der Waals surface area contributed by atoms with Crippen LogP contribution in [0, 0.1) is 5.92 Å². The van der Waals surface area contributed by atoms with Crippen LogP contribution in [-0.2, 0) is 16.0 Å². The van der Waals surface area contributed by atoms with E-state index in [1.54, 1.807) is 6.20 Å². The van der Waals surface area contributed by atoms with Crippen LogP contribution in [0.15, 0.2) is 42.6 Å². The minimum Gasteiger partial charge on any atom is -0.383 e. The van der Waals surface area contributed by atoms with Gasteiger partial charge in [0.25, 0.3) is 0 Å². The molecule has 5 nitrogen and oxygen atoms in total. The molecule has 25 heavy (non-hydrogen) atoms. The highest BCUT2D eigenvalue weighted by Gasteiger charge is 2.21. The lowest BCUT2D eigenvalue weighted by molar-refractivity contribution is -0.122. The van der Waals surface area contributed by atoms with E-state index < -0.39 is 0 Å². The molecular weight excluding hydrogens is 338 g/mol. The van der Waals surface area contributed by atoms with Crippen LogP contribution >= 0.6 is 11.6 Å². The first-order valence-corrected chi connectivity index (χ1v) is 8.91. The van der Waals surface area contributed by atoms with Crippen LogP contribution in [0.1, 0.15) is 18.4 Å². The molecule has 1 aromatic heterocycles. The number of halogens is 1. The van der Waals surface area contributed by atoms with Gasteiger partial charge in [0.1, 0.15) is 5.82 Å². The Balaban J connectivity index is 1.45. The van der Waals surface area contributed by atoms with Crippen molar-refractivity contribution in [2.45, 2.75) is 19.3 Å². The molecule has 1 aliphatic rings. The van der Waals surface area contributed by atoms with Crippen molar-refractivity contribution < 1.29 is 9.53 Å². The van der Waals surface area contributed by atoms with E-state index in [4.69, 9.17) is 16.3 Å². The van der Waals surface area contributed by atoms with E-state index in [0.717, 1.165) is 36.5 Å². The highest BCUT2D eigenvalue weighted by Crippen LogP contribution is 2.17. The smallest absolute Gasteiger partial charge is 0.228 e. The minimum absolute atomic E-state index is 0.0210. The summed E-state index contributed by atoms with van der Waals surface area (Å²) in [4.78, 5) is 16.5. The molecule has 0 spiro atoms. The van der Waals surface area contributed by atoms with Crippen LogP contribution < -0.4 is 10.6 Å². The molecule has 0 radical (unpaired) electrons. The number of pyridine rings is 1. The first-order chi connectivity index (χ1) is 12.2. The third-order valence-electron chi connectivity index (χ3n) is 4.26. The van der Waals surface area contributed by atoms with Gasteiger partial charge in [-0.05, 0) is 49.1 Å². The molecule has 132 valence electrons. The Hall–Kier alpha value is -2.11. The molecule has 1 amide bonds. The molecule has 0 saturated carbocycles. The lowest BCUT2D eigenvalue weighted by atomic mass is 9.99. The molecule has 3 rings (SSSR count). The lowest BCUT2D eigenvalue weighted by Gasteiger charge is -2.20. The van der Waals surface area contributed by atoms with E-state index in [9.17, 15) is 4.79 Å². The molecule has 1 saturated heterocycles. The van der Waals surface area contributed by atoms with Gasteiger partial charge in [0.05, 0.1) is 11.9 Å². The summed E-state index contributed by atoms with van der Waals surface area (Å²) >= 11 is 5.88. The summed E-state index contributed by atoms with van der Waals surface area (Å²) in [5.41, 5.74) is 2.16. The SMILES string of the molecule is O=C(Nc1ccc(NCCc2ccc(Cl)cc2)cn1)C1CCOCC1. The first-order valence-electron chi connectivity index (χ1n) is 8.54. The fourth-order valence-corrected chi connectivity index (χ4v) is 2.89. The second-order valence-corrected chi connectivity index (χ2v) is 6.55. The lowest BCUT2D eigenvalue weighted by Crippen LogP contribution is -2.28. The molecule has 1 aromatic carbocycles. The summed E-state index contributed by atoms with van der Waals surface area (Å²) in [5.74, 6) is 0.631. The number of nitrogens with zero attached hydrogens (tertiary/aromatic N) is 1. The number of hydrogen-bond donors (Lipinski definition) is 2. The second-order valence-electron chi connectivity index (χ2n) is 6.11. The van der Waals surface area contributed by atoms with Crippen LogP contribution in [0.3, 0.4) is 0 Å². The van der Waals surface area contributed by atoms with Crippen molar-refractivity contribution >= 4 is 29.0 Å². The monoisotopic (exact) mass is 359 g/mol. The van der Waals surface area contributed by atoms with Crippen molar-refractivity contribution in [2.75, 3.05) is 30.4 Å². The van der Waals surface area contributed by atoms with Crippen LogP contribution in [0.25, 0.3) is 0 Å². The Kier molecular flexibility index (Phi) is 6.25. The number of amides is 1. The largest absolute Gasteiger partial charge is 0.383 e. The van der Waals surface area contributed by atoms with Crippen LogP contribution in [0.4, 0.5) is 11.5 Å². The van der Waals surface area contributed by atoms with Gasteiger partial charge in [-0.3, -0.25) is 4.79 Å². The van der Waals surface area contributed by atoms with E-state index in [1.165, 1.54) is 5.56 Å². The first kappa shape index (κ1) is 17.7. The number of carbonyl (C=O) groups is 1. The number of carbonyl (C=O) groups excluding carboxylic acids is 1. The molecule has 1 aliphatic heterocycles. The Labute approximate surface area is 152 Å². The zero-order valence-electron chi connectivity index (χ0n) is 14.0. The van der Waals surface area contributed by atoms with Crippen molar-refractivity contribution in [3.8, 4) is 0 Å².